The Kier molecular flexibility index (Phi) is 3.42. The molecule has 2 fully saturated rings. The minimum Gasteiger partial charge on any atom is -0.446 e. The second kappa shape index (κ2) is 5.09. The molecule has 0 amide bonds. The second-order valence-electron chi connectivity index (χ2n) is 6.01. The van der Waals surface area contributed by atoms with E-state index < -0.39 is 0 Å². The lowest BCUT2D eigenvalue weighted by Crippen LogP contribution is -2.53. The summed E-state index contributed by atoms with van der Waals surface area (Å²) in [7, 11) is 0. The Morgan fingerprint density at radius 2 is 2.40 bits per heavy atom. The van der Waals surface area contributed by atoms with Gasteiger partial charge in [-0.25, -0.2) is 0 Å². The highest BCUT2D eigenvalue weighted by atomic mass is 16.8. The zero-order valence-electron chi connectivity index (χ0n) is 12.0. The molecule has 108 valence electrons. The number of carbonyl (C=O) groups is 1. The third-order valence-electron chi connectivity index (χ3n) is 3.97. The Morgan fingerprint density at radius 3 is 3.05 bits per heavy atom. The molecule has 2 aliphatic heterocycles. The molecule has 1 aliphatic carbocycles. The Labute approximate surface area is 119 Å². The van der Waals surface area contributed by atoms with Crippen LogP contribution in [0.5, 0.6) is 0 Å². The van der Waals surface area contributed by atoms with Crippen molar-refractivity contribution in [2.75, 3.05) is 0 Å². The lowest BCUT2D eigenvalue weighted by Gasteiger charge is -2.37. The van der Waals surface area contributed by atoms with Gasteiger partial charge in [-0.15, -0.1) is 0 Å². The van der Waals surface area contributed by atoms with Crippen molar-refractivity contribution in [1.29, 1.82) is 0 Å². The van der Waals surface area contributed by atoms with Crippen LogP contribution in [-0.2, 0) is 14.3 Å². The number of fused-ring (bicyclic) bond motifs is 2. The van der Waals surface area contributed by atoms with Gasteiger partial charge in [-0.1, -0.05) is 38.2 Å². The zero-order valence-corrected chi connectivity index (χ0v) is 12.0. The fourth-order valence-electron chi connectivity index (χ4n) is 2.82. The summed E-state index contributed by atoms with van der Waals surface area (Å²) in [6.07, 6.45) is 12.1. The Bertz CT molecular complexity index is 492. The number of hydrogen-bond acceptors (Lipinski definition) is 4. The van der Waals surface area contributed by atoms with Gasteiger partial charge in [0.15, 0.2) is 12.4 Å². The van der Waals surface area contributed by atoms with E-state index in [1.54, 1.807) is 0 Å². The van der Waals surface area contributed by atoms with Crippen LogP contribution in [0.3, 0.4) is 0 Å². The average molecular weight is 275 g/mol. The summed E-state index contributed by atoms with van der Waals surface area (Å²) in [6, 6.07) is 0. The predicted molar refractivity (Wildman–Crippen MR) is 75.7 cm³/mol. The lowest BCUT2D eigenvalue weighted by atomic mass is 9.83. The summed E-state index contributed by atoms with van der Waals surface area (Å²) in [5, 5.41) is 3.40. The summed E-state index contributed by atoms with van der Waals surface area (Å²) in [5.74, 6) is 0.935. The third-order valence-corrected chi connectivity index (χ3v) is 3.97. The maximum Gasteiger partial charge on any atom is 0.231 e. The van der Waals surface area contributed by atoms with E-state index in [9.17, 15) is 4.79 Å². The van der Waals surface area contributed by atoms with E-state index in [1.165, 1.54) is 0 Å². The molecule has 2 heterocycles. The first kappa shape index (κ1) is 13.4. The maximum absolute atomic E-state index is 11.3. The van der Waals surface area contributed by atoms with E-state index in [4.69, 9.17) is 9.47 Å². The van der Waals surface area contributed by atoms with Gasteiger partial charge in [0.25, 0.3) is 0 Å². The van der Waals surface area contributed by atoms with Gasteiger partial charge in [-0.2, -0.15) is 0 Å². The molecule has 0 aromatic rings. The van der Waals surface area contributed by atoms with Crippen LogP contribution in [-0.4, -0.2) is 24.2 Å². The second-order valence-corrected chi connectivity index (χ2v) is 6.01. The van der Waals surface area contributed by atoms with Crippen molar-refractivity contribution >= 4 is 6.29 Å². The number of nitrogens with one attached hydrogen (secondary N) is 1. The minimum atomic E-state index is -0.212. The molecule has 20 heavy (non-hydrogen) atoms. The van der Waals surface area contributed by atoms with Crippen LogP contribution in [0.25, 0.3) is 0 Å². The number of hydrogen-bond donors (Lipinski definition) is 1. The largest absolute Gasteiger partial charge is 0.446 e. The molecule has 2 saturated heterocycles. The van der Waals surface area contributed by atoms with Gasteiger partial charge < -0.3 is 14.8 Å². The molecule has 3 aliphatic rings. The standard InChI is InChI=1S/C16H21NO3/c1-11(2)6-7-12(10-18)14-17-16(8-4-3-5-9-16)13-15(19-13)20-14/h4,6-8,10-11,13,15,17H,3,5,9H2,1-2H3/b7-6-,14-12?. The van der Waals surface area contributed by atoms with Crippen molar-refractivity contribution in [3.8, 4) is 0 Å². The molecule has 3 atom stereocenters. The van der Waals surface area contributed by atoms with Gasteiger partial charge in [-0.3, -0.25) is 4.79 Å². The molecule has 3 rings (SSSR count). The normalized spacial score (nSPS) is 37.5. The summed E-state index contributed by atoms with van der Waals surface area (Å²) in [4.78, 5) is 11.3. The topological polar surface area (TPSA) is 50.9 Å². The SMILES string of the molecule is CC(C)/C=C\C(C=O)=C1NC2(C=CCCC2)C2OC2O1. The number of aldehydes is 1. The van der Waals surface area contributed by atoms with E-state index in [1.807, 2.05) is 12.2 Å². The van der Waals surface area contributed by atoms with E-state index in [0.717, 1.165) is 25.5 Å². The first-order chi connectivity index (χ1) is 9.64. The van der Waals surface area contributed by atoms with Gasteiger partial charge in [0.05, 0.1) is 11.1 Å². The number of allylic oxidation sites excluding steroid dienone is 4. The molecule has 4 heteroatoms. The third kappa shape index (κ3) is 2.40. The van der Waals surface area contributed by atoms with E-state index >= 15 is 0 Å². The molecule has 0 bridgehead atoms. The van der Waals surface area contributed by atoms with Crippen molar-refractivity contribution in [1.82, 2.24) is 5.32 Å². The zero-order chi connectivity index (χ0) is 14.2. The maximum atomic E-state index is 11.3. The molecule has 1 spiro atoms. The van der Waals surface area contributed by atoms with Gasteiger partial charge >= 0.3 is 0 Å². The average Bonchev–Trinajstić information content (AvgIpc) is 3.20. The molecule has 0 aromatic carbocycles. The number of epoxide rings is 1. The van der Waals surface area contributed by atoms with Crippen LogP contribution in [0, 0.1) is 5.92 Å². The van der Waals surface area contributed by atoms with E-state index in [0.29, 0.717) is 17.4 Å². The first-order valence-corrected chi connectivity index (χ1v) is 7.30. The van der Waals surface area contributed by atoms with Gasteiger partial charge in [0, 0.05) is 0 Å². The van der Waals surface area contributed by atoms with Crippen molar-refractivity contribution < 1.29 is 14.3 Å². The lowest BCUT2D eigenvalue weighted by molar-refractivity contribution is -0.105. The number of rotatable bonds is 3. The van der Waals surface area contributed by atoms with Crippen molar-refractivity contribution in [2.45, 2.75) is 51.0 Å². The molecule has 3 unspecified atom stereocenters. The fraction of sp³-hybridized carbons (Fsp3) is 0.562. The molecule has 0 radical (unpaired) electrons. The highest BCUT2D eigenvalue weighted by Gasteiger charge is 2.59. The molecule has 4 nitrogen and oxygen atoms in total. The molecule has 0 aromatic heterocycles. The smallest absolute Gasteiger partial charge is 0.231 e. The van der Waals surface area contributed by atoms with Gasteiger partial charge in [0.1, 0.15) is 0 Å². The molecule has 0 saturated carbocycles. The van der Waals surface area contributed by atoms with Crippen LogP contribution in [0.1, 0.15) is 33.1 Å². The van der Waals surface area contributed by atoms with Crippen LogP contribution >= 0.6 is 0 Å². The summed E-state index contributed by atoms with van der Waals surface area (Å²) >= 11 is 0. The van der Waals surface area contributed by atoms with Crippen molar-refractivity contribution in [2.24, 2.45) is 5.92 Å². The summed E-state index contributed by atoms with van der Waals surface area (Å²) in [6.45, 7) is 4.15. The molecule has 1 N–H and O–H groups in total. The van der Waals surface area contributed by atoms with Crippen LogP contribution in [0.2, 0.25) is 0 Å². The molecular weight excluding hydrogens is 254 g/mol. The Morgan fingerprint density at radius 1 is 1.55 bits per heavy atom. The van der Waals surface area contributed by atoms with Gasteiger partial charge in [0.2, 0.25) is 12.2 Å². The molecular formula is C16H21NO3. The quantitative estimate of drug-likeness (QED) is 0.372. The Hall–Kier alpha value is -1.55. The van der Waals surface area contributed by atoms with Crippen LogP contribution in [0.15, 0.2) is 35.8 Å². The van der Waals surface area contributed by atoms with E-state index in [-0.39, 0.29) is 17.9 Å². The first-order valence-electron chi connectivity index (χ1n) is 7.30. The highest BCUT2D eigenvalue weighted by Crippen LogP contribution is 2.44. The summed E-state index contributed by atoms with van der Waals surface area (Å²) < 4.78 is 11.3. The Balaban J connectivity index is 1.88. The summed E-state index contributed by atoms with van der Waals surface area (Å²) in [5.41, 5.74) is 0.349. The van der Waals surface area contributed by atoms with Crippen molar-refractivity contribution in [3.05, 3.63) is 35.8 Å². The van der Waals surface area contributed by atoms with Crippen molar-refractivity contribution in [3.63, 3.8) is 0 Å². The van der Waals surface area contributed by atoms with Crippen LogP contribution in [0.4, 0.5) is 0 Å². The highest BCUT2D eigenvalue weighted by molar-refractivity contribution is 5.78. The number of ether oxygens (including phenoxy) is 2. The fourth-order valence-corrected chi connectivity index (χ4v) is 2.82. The predicted octanol–water partition coefficient (Wildman–Crippen LogP) is 2.43. The van der Waals surface area contributed by atoms with Crippen LogP contribution < -0.4 is 5.32 Å². The van der Waals surface area contributed by atoms with E-state index in [2.05, 4.69) is 31.3 Å². The minimum absolute atomic E-state index is 0.0739. The van der Waals surface area contributed by atoms with Gasteiger partial charge in [-0.05, 0) is 25.2 Å². The monoisotopic (exact) mass is 275 g/mol. The number of carbonyl (C=O) groups excluding carboxylic acids is 1.